The molecule has 5 heteroatoms. The largest absolute Gasteiger partial charge is 0.310 e. The fourth-order valence-electron chi connectivity index (χ4n) is 2.21. The summed E-state index contributed by atoms with van der Waals surface area (Å²) < 4.78 is 2.79. The Morgan fingerprint density at radius 1 is 1.40 bits per heavy atom. The van der Waals surface area contributed by atoms with Gasteiger partial charge in [-0.2, -0.15) is 5.10 Å². The second kappa shape index (κ2) is 6.06. The zero-order chi connectivity index (χ0) is 13.9. The maximum absolute atomic E-state index is 4.70. The highest BCUT2D eigenvalue weighted by Crippen LogP contribution is 2.20. The first kappa shape index (κ1) is 13.8. The van der Waals surface area contributed by atoms with Crippen molar-refractivity contribution in [1.82, 2.24) is 20.1 Å². The summed E-state index contributed by atoms with van der Waals surface area (Å²) in [6, 6.07) is 5.05. The van der Waals surface area contributed by atoms with Crippen LogP contribution in [0.2, 0.25) is 0 Å². The Morgan fingerprint density at radius 3 is 2.90 bits per heavy atom. The van der Waals surface area contributed by atoms with Crippen molar-refractivity contribution in [2.75, 3.05) is 0 Å². The summed E-state index contributed by atoms with van der Waals surface area (Å²) in [6.07, 6.45) is 8.46. The molecule has 20 heavy (non-hydrogen) atoms. The van der Waals surface area contributed by atoms with Gasteiger partial charge < -0.3 is 5.32 Å². The second-order valence-corrected chi connectivity index (χ2v) is 6.25. The lowest BCUT2D eigenvalue weighted by Gasteiger charge is -2.09. The van der Waals surface area contributed by atoms with E-state index < -0.39 is 0 Å². The molecule has 0 unspecified atom stereocenters. The van der Waals surface area contributed by atoms with Crippen LogP contribution < -0.4 is 5.32 Å². The van der Waals surface area contributed by atoms with Gasteiger partial charge in [-0.15, -0.1) is 0 Å². The summed E-state index contributed by atoms with van der Waals surface area (Å²) in [5, 5.41) is 7.88. The Kier molecular flexibility index (Phi) is 4.17. The van der Waals surface area contributed by atoms with E-state index in [2.05, 4.69) is 45.4 Å². The van der Waals surface area contributed by atoms with Gasteiger partial charge in [-0.1, -0.05) is 13.3 Å². The number of hydrogen-bond acceptors (Lipinski definition) is 3. The lowest BCUT2D eigenvalue weighted by atomic mass is 10.1. The maximum Gasteiger partial charge on any atom is 0.153 e. The van der Waals surface area contributed by atoms with Gasteiger partial charge in [0, 0.05) is 24.5 Å². The van der Waals surface area contributed by atoms with Crippen molar-refractivity contribution < 1.29 is 0 Å². The van der Waals surface area contributed by atoms with Crippen molar-refractivity contribution in [2.24, 2.45) is 0 Å². The minimum Gasteiger partial charge on any atom is -0.310 e. The lowest BCUT2D eigenvalue weighted by Crippen LogP contribution is -2.16. The van der Waals surface area contributed by atoms with Gasteiger partial charge in [0.15, 0.2) is 5.82 Å². The summed E-state index contributed by atoms with van der Waals surface area (Å²) in [4.78, 5) is 4.70. The van der Waals surface area contributed by atoms with E-state index >= 15 is 0 Å². The van der Waals surface area contributed by atoms with Crippen molar-refractivity contribution in [3.05, 3.63) is 40.3 Å². The Morgan fingerprint density at radius 2 is 2.25 bits per heavy atom. The average molecular weight is 335 g/mol. The lowest BCUT2D eigenvalue weighted by molar-refractivity contribution is 0.683. The molecule has 3 rings (SSSR count). The van der Waals surface area contributed by atoms with Crippen LogP contribution in [0.4, 0.5) is 0 Å². The number of halogens is 1. The SMILES string of the molecule is CCCc1cc(CNC2CC2)cc(-n2cc(Br)cn2)n1. The van der Waals surface area contributed by atoms with E-state index in [0.29, 0.717) is 0 Å². The molecule has 0 aromatic carbocycles. The van der Waals surface area contributed by atoms with Crippen LogP contribution in [0.15, 0.2) is 29.0 Å². The Bertz CT molecular complexity index is 589. The van der Waals surface area contributed by atoms with Gasteiger partial charge in [0.2, 0.25) is 0 Å². The molecule has 1 aliphatic rings. The molecule has 1 aliphatic carbocycles. The van der Waals surface area contributed by atoms with Crippen LogP contribution in [-0.2, 0) is 13.0 Å². The van der Waals surface area contributed by atoms with Gasteiger partial charge >= 0.3 is 0 Å². The molecule has 0 radical (unpaired) electrons. The van der Waals surface area contributed by atoms with E-state index in [1.54, 1.807) is 6.20 Å². The molecule has 1 saturated carbocycles. The predicted octanol–water partition coefficient (Wildman–Crippen LogP) is 3.23. The van der Waals surface area contributed by atoms with Crippen LogP contribution in [0.25, 0.3) is 5.82 Å². The third kappa shape index (κ3) is 3.46. The zero-order valence-electron chi connectivity index (χ0n) is 11.6. The van der Waals surface area contributed by atoms with Gasteiger partial charge in [-0.05, 0) is 52.9 Å². The van der Waals surface area contributed by atoms with Crippen molar-refractivity contribution in [2.45, 2.75) is 45.2 Å². The normalized spacial score (nSPS) is 14.7. The number of hydrogen-bond donors (Lipinski definition) is 1. The number of rotatable bonds is 6. The fraction of sp³-hybridized carbons (Fsp3) is 0.467. The number of nitrogens with zero attached hydrogens (tertiary/aromatic N) is 3. The molecule has 2 aromatic heterocycles. The van der Waals surface area contributed by atoms with Crippen LogP contribution in [0.1, 0.15) is 37.4 Å². The number of aromatic nitrogens is 3. The molecule has 0 amide bonds. The van der Waals surface area contributed by atoms with E-state index in [9.17, 15) is 0 Å². The van der Waals surface area contributed by atoms with Crippen LogP contribution in [0.3, 0.4) is 0 Å². The summed E-state index contributed by atoms with van der Waals surface area (Å²) in [7, 11) is 0. The topological polar surface area (TPSA) is 42.7 Å². The van der Waals surface area contributed by atoms with E-state index in [4.69, 9.17) is 4.98 Å². The molecule has 1 fully saturated rings. The van der Waals surface area contributed by atoms with Crippen LogP contribution in [-0.4, -0.2) is 20.8 Å². The van der Waals surface area contributed by atoms with Crippen molar-refractivity contribution in [1.29, 1.82) is 0 Å². The second-order valence-electron chi connectivity index (χ2n) is 5.33. The first-order valence-corrected chi connectivity index (χ1v) is 7.97. The molecule has 0 aliphatic heterocycles. The zero-order valence-corrected chi connectivity index (χ0v) is 13.2. The van der Waals surface area contributed by atoms with Gasteiger partial charge in [-0.25, -0.2) is 9.67 Å². The molecule has 4 nitrogen and oxygen atoms in total. The number of nitrogens with one attached hydrogen (secondary N) is 1. The smallest absolute Gasteiger partial charge is 0.153 e. The highest BCUT2D eigenvalue weighted by atomic mass is 79.9. The maximum atomic E-state index is 4.70. The minimum absolute atomic E-state index is 0.722. The van der Waals surface area contributed by atoms with Crippen molar-refractivity contribution in [3.63, 3.8) is 0 Å². The molecular weight excluding hydrogens is 316 g/mol. The predicted molar refractivity (Wildman–Crippen MR) is 82.9 cm³/mol. The summed E-state index contributed by atoms with van der Waals surface area (Å²) >= 11 is 3.43. The first-order chi connectivity index (χ1) is 9.74. The van der Waals surface area contributed by atoms with Crippen molar-refractivity contribution in [3.8, 4) is 5.82 Å². The third-order valence-corrected chi connectivity index (χ3v) is 3.80. The molecular formula is C15H19BrN4. The first-order valence-electron chi connectivity index (χ1n) is 7.18. The molecule has 2 aromatic rings. The highest BCUT2D eigenvalue weighted by molar-refractivity contribution is 9.10. The highest BCUT2D eigenvalue weighted by Gasteiger charge is 2.20. The standard InChI is InChI=1S/C15H19BrN4/c1-2-3-14-6-11(8-17-13-4-5-13)7-15(19-14)20-10-12(16)9-18-20/h6-7,9-10,13,17H,2-5,8H2,1H3. The van der Waals surface area contributed by atoms with Gasteiger partial charge in [-0.3, -0.25) is 0 Å². The molecule has 1 N–H and O–H groups in total. The van der Waals surface area contributed by atoms with E-state index in [0.717, 1.165) is 41.4 Å². The molecule has 106 valence electrons. The van der Waals surface area contributed by atoms with Crippen LogP contribution in [0.5, 0.6) is 0 Å². The number of pyridine rings is 1. The molecule has 0 atom stereocenters. The molecule has 0 spiro atoms. The average Bonchev–Trinajstić information content (AvgIpc) is 3.17. The number of aryl methyl sites for hydroxylation is 1. The van der Waals surface area contributed by atoms with Crippen LogP contribution >= 0.6 is 15.9 Å². The Balaban J connectivity index is 1.86. The Labute approximate surface area is 127 Å². The summed E-state index contributed by atoms with van der Waals surface area (Å²) in [6.45, 7) is 3.10. The van der Waals surface area contributed by atoms with Gasteiger partial charge in [0.1, 0.15) is 0 Å². The summed E-state index contributed by atoms with van der Waals surface area (Å²) in [5.74, 6) is 0.897. The monoisotopic (exact) mass is 334 g/mol. The van der Waals surface area contributed by atoms with E-state index in [1.165, 1.54) is 18.4 Å². The summed E-state index contributed by atoms with van der Waals surface area (Å²) in [5.41, 5.74) is 2.43. The third-order valence-electron chi connectivity index (χ3n) is 3.39. The van der Waals surface area contributed by atoms with Crippen LogP contribution in [0, 0.1) is 0 Å². The van der Waals surface area contributed by atoms with E-state index in [1.807, 2.05) is 10.9 Å². The molecule has 0 saturated heterocycles. The van der Waals surface area contributed by atoms with Gasteiger partial charge in [0.25, 0.3) is 0 Å². The fourth-order valence-corrected chi connectivity index (χ4v) is 2.50. The molecule has 0 bridgehead atoms. The Hall–Kier alpha value is -1.20. The minimum atomic E-state index is 0.722. The quantitative estimate of drug-likeness (QED) is 0.881. The molecule has 2 heterocycles. The van der Waals surface area contributed by atoms with Gasteiger partial charge in [0.05, 0.1) is 10.7 Å². The van der Waals surface area contributed by atoms with E-state index in [-0.39, 0.29) is 0 Å². The van der Waals surface area contributed by atoms with Crippen molar-refractivity contribution >= 4 is 15.9 Å².